The molecule has 2 heterocycles. The quantitative estimate of drug-likeness (QED) is 0.601. The zero-order chi connectivity index (χ0) is 20.1. The van der Waals surface area contributed by atoms with Crippen LogP contribution < -0.4 is 15.4 Å². The van der Waals surface area contributed by atoms with Crippen molar-refractivity contribution in [3.63, 3.8) is 0 Å². The van der Waals surface area contributed by atoms with E-state index in [0.717, 1.165) is 4.88 Å². The molecule has 3 aromatic rings. The number of rotatable bonds is 7. The van der Waals surface area contributed by atoms with Gasteiger partial charge in [0.2, 0.25) is 11.8 Å². The van der Waals surface area contributed by atoms with E-state index in [2.05, 4.69) is 15.6 Å². The predicted octanol–water partition coefficient (Wildman–Crippen LogP) is 4.23. The first kappa shape index (κ1) is 20.0. The molecule has 0 saturated carbocycles. The third kappa shape index (κ3) is 4.93. The van der Waals surface area contributed by atoms with Crippen LogP contribution in [0.1, 0.15) is 24.3 Å². The first-order chi connectivity index (χ1) is 13.5. The number of hydrogen-bond acceptors (Lipinski definition) is 6. The highest BCUT2D eigenvalue weighted by molar-refractivity contribution is 7.14. The average molecular weight is 420 g/mol. The van der Waals surface area contributed by atoms with Crippen LogP contribution in [-0.2, 0) is 9.59 Å². The first-order valence-corrected chi connectivity index (χ1v) is 10.1. The van der Waals surface area contributed by atoms with Crippen LogP contribution in [0.5, 0.6) is 5.75 Å². The summed E-state index contributed by atoms with van der Waals surface area (Å²) >= 11 is 2.72. The van der Waals surface area contributed by atoms with Crippen molar-refractivity contribution >= 4 is 39.6 Å². The van der Waals surface area contributed by atoms with Crippen molar-refractivity contribution in [1.82, 2.24) is 10.3 Å². The SMILES string of the molecule is COc1ccc(-c2csc(NC(=O)CC(NC(C)=O)c3cccs3)n2)cc1F. The Bertz CT molecular complexity index is 973. The Hall–Kier alpha value is -2.78. The molecule has 0 aliphatic carbocycles. The molecule has 0 bridgehead atoms. The molecule has 0 aliphatic heterocycles. The number of carbonyl (C=O) groups excluding carboxylic acids is 2. The van der Waals surface area contributed by atoms with Crippen LogP contribution in [0.25, 0.3) is 11.3 Å². The van der Waals surface area contributed by atoms with E-state index in [1.165, 1.54) is 48.8 Å². The molecule has 2 aromatic heterocycles. The fraction of sp³-hybridized carbons (Fsp3) is 0.211. The summed E-state index contributed by atoms with van der Waals surface area (Å²) in [5, 5.41) is 9.56. The van der Waals surface area contributed by atoms with Gasteiger partial charge in [0.1, 0.15) is 0 Å². The molecule has 0 radical (unpaired) electrons. The number of thiazole rings is 1. The molecule has 1 unspecified atom stereocenters. The third-order valence-corrected chi connectivity index (χ3v) is 5.60. The van der Waals surface area contributed by atoms with E-state index >= 15 is 0 Å². The summed E-state index contributed by atoms with van der Waals surface area (Å²) in [6.07, 6.45) is 0.0895. The lowest BCUT2D eigenvalue weighted by atomic mass is 10.1. The van der Waals surface area contributed by atoms with Crippen LogP contribution >= 0.6 is 22.7 Å². The normalized spacial score (nSPS) is 11.7. The maximum Gasteiger partial charge on any atom is 0.228 e. The highest BCUT2D eigenvalue weighted by Gasteiger charge is 2.19. The van der Waals surface area contributed by atoms with Crippen LogP contribution in [-0.4, -0.2) is 23.9 Å². The van der Waals surface area contributed by atoms with Gasteiger partial charge in [-0.1, -0.05) is 6.07 Å². The number of nitrogens with zero attached hydrogens (tertiary/aromatic N) is 1. The molecule has 0 spiro atoms. The number of methoxy groups -OCH3 is 1. The van der Waals surface area contributed by atoms with Crippen LogP contribution in [0.15, 0.2) is 41.1 Å². The Morgan fingerprint density at radius 2 is 2.11 bits per heavy atom. The molecule has 0 saturated heterocycles. The minimum Gasteiger partial charge on any atom is -0.494 e. The second-order valence-electron chi connectivity index (χ2n) is 5.91. The number of aromatic nitrogens is 1. The number of ether oxygens (including phenoxy) is 1. The van der Waals surface area contributed by atoms with E-state index in [4.69, 9.17) is 4.74 Å². The van der Waals surface area contributed by atoms with Gasteiger partial charge in [-0.25, -0.2) is 9.37 Å². The van der Waals surface area contributed by atoms with Crippen molar-refractivity contribution in [2.45, 2.75) is 19.4 Å². The van der Waals surface area contributed by atoms with Crippen LogP contribution in [0.3, 0.4) is 0 Å². The molecule has 6 nitrogen and oxygen atoms in total. The number of amides is 2. The lowest BCUT2D eigenvalue weighted by Crippen LogP contribution is -2.29. The van der Waals surface area contributed by atoms with E-state index in [1.54, 1.807) is 11.4 Å². The number of anilines is 1. The summed E-state index contributed by atoms with van der Waals surface area (Å²) in [5.41, 5.74) is 1.14. The summed E-state index contributed by atoms with van der Waals surface area (Å²) in [6, 6.07) is 7.91. The molecule has 1 atom stereocenters. The largest absolute Gasteiger partial charge is 0.494 e. The number of halogens is 1. The lowest BCUT2D eigenvalue weighted by Gasteiger charge is -2.15. The molecule has 2 amide bonds. The fourth-order valence-corrected chi connectivity index (χ4v) is 4.12. The van der Waals surface area contributed by atoms with Gasteiger partial charge in [0.25, 0.3) is 0 Å². The Morgan fingerprint density at radius 1 is 1.29 bits per heavy atom. The van der Waals surface area contributed by atoms with E-state index in [9.17, 15) is 14.0 Å². The van der Waals surface area contributed by atoms with Gasteiger partial charge in [0, 0.05) is 22.7 Å². The van der Waals surface area contributed by atoms with Gasteiger partial charge < -0.3 is 15.4 Å². The lowest BCUT2D eigenvalue weighted by molar-refractivity contribution is -0.120. The van der Waals surface area contributed by atoms with E-state index in [-0.39, 0.29) is 24.0 Å². The predicted molar refractivity (Wildman–Crippen MR) is 108 cm³/mol. The Kier molecular flexibility index (Phi) is 6.37. The number of benzene rings is 1. The van der Waals surface area contributed by atoms with Gasteiger partial charge in [-0.2, -0.15) is 0 Å². The second kappa shape index (κ2) is 8.94. The highest BCUT2D eigenvalue weighted by atomic mass is 32.1. The Morgan fingerprint density at radius 3 is 2.75 bits per heavy atom. The zero-order valence-electron chi connectivity index (χ0n) is 15.2. The van der Waals surface area contributed by atoms with E-state index in [0.29, 0.717) is 16.4 Å². The molecule has 28 heavy (non-hydrogen) atoms. The smallest absolute Gasteiger partial charge is 0.228 e. The number of thiophene rings is 1. The van der Waals surface area contributed by atoms with Crippen molar-refractivity contribution in [1.29, 1.82) is 0 Å². The van der Waals surface area contributed by atoms with Gasteiger partial charge in [-0.3, -0.25) is 9.59 Å². The highest BCUT2D eigenvalue weighted by Crippen LogP contribution is 2.29. The summed E-state index contributed by atoms with van der Waals surface area (Å²) in [5.74, 6) is -0.795. The Balaban J connectivity index is 1.68. The first-order valence-electron chi connectivity index (χ1n) is 8.36. The molecule has 0 fully saturated rings. The standard InChI is InChI=1S/C19H18FN3O3S2/c1-11(24)21-14(17-4-3-7-27-17)9-18(25)23-19-22-15(10-28-19)12-5-6-16(26-2)13(20)8-12/h3-8,10,14H,9H2,1-2H3,(H,21,24)(H,22,23,25). The molecule has 146 valence electrons. The van der Waals surface area contributed by atoms with Crippen molar-refractivity contribution in [3.8, 4) is 17.0 Å². The molecule has 1 aromatic carbocycles. The van der Waals surface area contributed by atoms with E-state index < -0.39 is 11.9 Å². The summed E-state index contributed by atoms with van der Waals surface area (Å²) < 4.78 is 18.8. The number of hydrogen-bond donors (Lipinski definition) is 2. The summed E-state index contributed by atoms with van der Waals surface area (Å²) in [6.45, 7) is 1.42. The van der Waals surface area contributed by atoms with Crippen molar-refractivity contribution < 1.29 is 18.7 Å². The third-order valence-electron chi connectivity index (χ3n) is 3.85. The molecule has 0 aliphatic rings. The van der Waals surface area contributed by atoms with Crippen molar-refractivity contribution in [3.05, 3.63) is 51.8 Å². The molecule has 3 rings (SSSR count). The topological polar surface area (TPSA) is 80.3 Å². The van der Waals surface area contributed by atoms with Gasteiger partial charge >= 0.3 is 0 Å². The van der Waals surface area contributed by atoms with Gasteiger partial charge in [-0.05, 0) is 29.6 Å². The minimum absolute atomic E-state index is 0.0895. The summed E-state index contributed by atoms with van der Waals surface area (Å²) in [7, 11) is 1.40. The van der Waals surface area contributed by atoms with Crippen LogP contribution in [0.4, 0.5) is 9.52 Å². The van der Waals surface area contributed by atoms with Crippen molar-refractivity contribution in [2.75, 3.05) is 12.4 Å². The average Bonchev–Trinajstić information content (AvgIpc) is 3.32. The molecular weight excluding hydrogens is 401 g/mol. The summed E-state index contributed by atoms with van der Waals surface area (Å²) in [4.78, 5) is 29.1. The zero-order valence-corrected chi connectivity index (χ0v) is 16.8. The molecule has 9 heteroatoms. The maximum atomic E-state index is 13.9. The monoisotopic (exact) mass is 419 g/mol. The fourth-order valence-electron chi connectivity index (χ4n) is 2.60. The van der Waals surface area contributed by atoms with Gasteiger partial charge in [0.15, 0.2) is 16.7 Å². The molecule has 2 N–H and O–H groups in total. The van der Waals surface area contributed by atoms with Crippen LogP contribution in [0, 0.1) is 5.82 Å². The number of carbonyl (C=O) groups is 2. The second-order valence-corrected chi connectivity index (χ2v) is 7.75. The minimum atomic E-state index is -0.479. The van der Waals surface area contributed by atoms with Gasteiger partial charge in [-0.15, -0.1) is 22.7 Å². The van der Waals surface area contributed by atoms with Gasteiger partial charge in [0.05, 0.1) is 25.3 Å². The maximum absolute atomic E-state index is 13.9. The van der Waals surface area contributed by atoms with Crippen LogP contribution in [0.2, 0.25) is 0 Å². The number of nitrogens with one attached hydrogen (secondary N) is 2. The molecular formula is C19H18FN3O3S2. The van der Waals surface area contributed by atoms with Crippen molar-refractivity contribution in [2.24, 2.45) is 0 Å². The Labute approximate surface area is 169 Å². The van der Waals surface area contributed by atoms with E-state index in [1.807, 2.05) is 17.5 Å².